The van der Waals surface area contributed by atoms with Gasteiger partial charge >= 0.3 is 0 Å². The van der Waals surface area contributed by atoms with Crippen LogP contribution in [0.2, 0.25) is 0 Å². The predicted molar refractivity (Wildman–Crippen MR) is 57.9 cm³/mol. The number of Topliss-reactive ketones (excluding diaryl/α,β-unsaturated/α-hetero) is 1. The van der Waals surface area contributed by atoms with Gasteiger partial charge < -0.3 is 0 Å². The Kier molecular flexibility index (Phi) is 2.68. The maximum Gasteiger partial charge on any atom is 0.178 e. The van der Waals surface area contributed by atoms with E-state index in [1.54, 1.807) is 18.3 Å². The molecule has 0 N–H and O–H groups in total. The van der Waals surface area contributed by atoms with Crippen molar-refractivity contribution in [2.45, 2.75) is 39.0 Å². The number of thiazole rings is 1. The van der Waals surface area contributed by atoms with Crippen molar-refractivity contribution in [2.75, 3.05) is 0 Å². The summed E-state index contributed by atoms with van der Waals surface area (Å²) in [6, 6.07) is 0. The highest BCUT2D eigenvalue weighted by Crippen LogP contribution is 2.38. The maximum absolute atomic E-state index is 11.1. The summed E-state index contributed by atoms with van der Waals surface area (Å²) < 4.78 is 0. The Hall–Kier alpha value is -0.700. The Balaban J connectivity index is 2.13. The van der Waals surface area contributed by atoms with Gasteiger partial charge in [0.25, 0.3) is 0 Å². The first-order valence-electron chi connectivity index (χ1n) is 5.13. The fourth-order valence-electron chi connectivity index (χ4n) is 2.07. The molecule has 0 amide bonds. The molecule has 1 aromatic heterocycles. The highest BCUT2D eigenvalue weighted by atomic mass is 32.1. The summed E-state index contributed by atoms with van der Waals surface area (Å²) in [5, 5.41) is 3.06. The van der Waals surface area contributed by atoms with E-state index in [2.05, 4.69) is 11.9 Å². The van der Waals surface area contributed by atoms with Crippen LogP contribution < -0.4 is 0 Å². The average molecular weight is 209 g/mol. The van der Waals surface area contributed by atoms with E-state index in [1.165, 1.54) is 24.3 Å². The van der Waals surface area contributed by atoms with Crippen molar-refractivity contribution in [3.63, 3.8) is 0 Å². The lowest BCUT2D eigenvalue weighted by molar-refractivity contribution is 0.101. The van der Waals surface area contributed by atoms with Crippen LogP contribution >= 0.6 is 11.3 Å². The van der Waals surface area contributed by atoms with Crippen LogP contribution in [0.5, 0.6) is 0 Å². The SMILES string of the molecule is CC(=O)c1csc(C2CCC(C)C2)n1. The summed E-state index contributed by atoms with van der Waals surface area (Å²) >= 11 is 1.65. The third kappa shape index (κ3) is 1.87. The Bertz CT molecular complexity index is 345. The van der Waals surface area contributed by atoms with Gasteiger partial charge in [-0.3, -0.25) is 4.79 Å². The zero-order valence-corrected chi connectivity index (χ0v) is 9.43. The van der Waals surface area contributed by atoms with E-state index < -0.39 is 0 Å². The number of ketones is 1. The van der Waals surface area contributed by atoms with Gasteiger partial charge in [0.15, 0.2) is 5.78 Å². The Morgan fingerprint density at radius 3 is 2.86 bits per heavy atom. The molecule has 1 heterocycles. The second-order valence-corrected chi connectivity index (χ2v) is 5.13. The van der Waals surface area contributed by atoms with Crippen LogP contribution in [0.1, 0.15) is 54.5 Å². The molecule has 2 unspecified atom stereocenters. The smallest absolute Gasteiger partial charge is 0.178 e. The number of nitrogens with zero attached hydrogens (tertiary/aromatic N) is 1. The lowest BCUT2D eigenvalue weighted by Gasteiger charge is -2.03. The second-order valence-electron chi connectivity index (χ2n) is 4.24. The summed E-state index contributed by atoms with van der Waals surface area (Å²) in [6.45, 7) is 3.87. The molecule has 0 bridgehead atoms. The zero-order valence-electron chi connectivity index (χ0n) is 8.62. The molecule has 76 valence electrons. The second kappa shape index (κ2) is 3.81. The van der Waals surface area contributed by atoms with Gasteiger partial charge in [-0.05, 0) is 18.8 Å². The first-order chi connectivity index (χ1) is 6.66. The predicted octanol–water partition coefficient (Wildman–Crippen LogP) is 3.25. The van der Waals surface area contributed by atoms with Gasteiger partial charge in [0.2, 0.25) is 0 Å². The number of rotatable bonds is 2. The summed E-state index contributed by atoms with van der Waals surface area (Å²) in [5.41, 5.74) is 0.643. The number of carbonyl (C=O) groups excluding carboxylic acids is 1. The lowest BCUT2D eigenvalue weighted by atomic mass is 10.1. The van der Waals surface area contributed by atoms with Gasteiger partial charge in [-0.15, -0.1) is 11.3 Å². The topological polar surface area (TPSA) is 30.0 Å². The average Bonchev–Trinajstić information content (AvgIpc) is 2.70. The molecule has 14 heavy (non-hydrogen) atoms. The van der Waals surface area contributed by atoms with Crippen LogP contribution in [0.25, 0.3) is 0 Å². The van der Waals surface area contributed by atoms with Crippen LogP contribution in [0.15, 0.2) is 5.38 Å². The highest BCUT2D eigenvalue weighted by Gasteiger charge is 2.25. The van der Waals surface area contributed by atoms with Crippen molar-refractivity contribution in [3.05, 3.63) is 16.1 Å². The minimum absolute atomic E-state index is 0.0820. The third-order valence-electron chi connectivity index (χ3n) is 2.93. The van der Waals surface area contributed by atoms with Crippen LogP contribution in [0.3, 0.4) is 0 Å². The number of carbonyl (C=O) groups is 1. The summed E-state index contributed by atoms with van der Waals surface area (Å²) in [7, 11) is 0. The standard InChI is InChI=1S/C11H15NOS/c1-7-3-4-9(5-7)11-12-10(6-14-11)8(2)13/h6-7,9H,3-5H2,1-2H3. The highest BCUT2D eigenvalue weighted by molar-refractivity contribution is 7.09. The van der Waals surface area contributed by atoms with Gasteiger partial charge in [-0.25, -0.2) is 4.98 Å². The van der Waals surface area contributed by atoms with E-state index in [9.17, 15) is 4.79 Å². The van der Waals surface area contributed by atoms with Crippen LogP contribution in [0, 0.1) is 5.92 Å². The first-order valence-corrected chi connectivity index (χ1v) is 6.01. The zero-order chi connectivity index (χ0) is 10.1. The Labute approximate surface area is 88.4 Å². The molecule has 2 atom stereocenters. The Morgan fingerprint density at radius 1 is 1.57 bits per heavy atom. The molecule has 2 rings (SSSR count). The fraction of sp³-hybridized carbons (Fsp3) is 0.636. The molecule has 0 aliphatic heterocycles. The molecule has 0 radical (unpaired) electrons. The summed E-state index contributed by atoms with van der Waals surface area (Å²) in [4.78, 5) is 15.5. The van der Waals surface area contributed by atoms with Crippen molar-refractivity contribution in [1.82, 2.24) is 4.98 Å². The number of hydrogen-bond acceptors (Lipinski definition) is 3. The lowest BCUT2D eigenvalue weighted by Crippen LogP contribution is -1.96. The normalized spacial score (nSPS) is 26.7. The summed E-state index contributed by atoms with van der Waals surface area (Å²) in [6.07, 6.45) is 3.79. The molecular formula is C11H15NOS. The van der Waals surface area contributed by atoms with E-state index in [0.29, 0.717) is 11.6 Å². The number of hydrogen-bond donors (Lipinski definition) is 0. The summed E-state index contributed by atoms with van der Waals surface area (Å²) in [5.74, 6) is 1.52. The molecule has 2 nitrogen and oxygen atoms in total. The minimum Gasteiger partial charge on any atom is -0.293 e. The molecule has 1 saturated carbocycles. The van der Waals surface area contributed by atoms with Crippen LogP contribution in [0.4, 0.5) is 0 Å². The van der Waals surface area contributed by atoms with Crippen molar-refractivity contribution < 1.29 is 4.79 Å². The van der Waals surface area contributed by atoms with Crippen LogP contribution in [-0.4, -0.2) is 10.8 Å². The van der Waals surface area contributed by atoms with E-state index in [-0.39, 0.29) is 5.78 Å². The third-order valence-corrected chi connectivity index (χ3v) is 3.93. The van der Waals surface area contributed by atoms with Crippen molar-refractivity contribution in [1.29, 1.82) is 0 Å². The Morgan fingerprint density at radius 2 is 2.36 bits per heavy atom. The van der Waals surface area contributed by atoms with Gasteiger partial charge in [0.05, 0.1) is 5.01 Å². The fourth-order valence-corrected chi connectivity index (χ4v) is 3.08. The van der Waals surface area contributed by atoms with E-state index in [1.807, 2.05) is 5.38 Å². The molecule has 0 saturated heterocycles. The van der Waals surface area contributed by atoms with E-state index in [0.717, 1.165) is 5.92 Å². The van der Waals surface area contributed by atoms with E-state index in [4.69, 9.17) is 0 Å². The van der Waals surface area contributed by atoms with Gasteiger partial charge in [-0.2, -0.15) is 0 Å². The minimum atomic E-state index is 0.0820. The van der Waals surface area contributed by atoms with Crippen LogP contribution in [-0.2, 0) is 0 Å². The van der Waals surface area contributed by atoms with Gasteiger partial charge in [0.1, 0.15) is 5.69 Å². The molecule has 1 fully saturated rings. The molecule has 3 heteroatoms. The first kappa shape index (κ1) is 9.84. The maximum atomic E-state index is 11.1. The van der Waals surface area contributed by atoms with Crippen molar-refractivity contribution in [2.24, 2.45) is 5.92 Å². The van der Waals surface area contributed by atoms with Crippen molar-refractivity contribution in [3.8, 4) is 0 Å². The molecule has 1 aliphatic carbocycles. The quantitative estimate of drug-likeness (QED) is 0.700. The van der Waals surface area contributed by atoms with Gasteiger partial charge in [-0.1, -0.05) is 13.3 Å². The molecule has 1 aliphatic rings. The molecular weight excluding hydrogens is 194 g/mol. The monoisotopic (exact) mass is 209 g/mol. The number of aromatic nitrogens is 1. The van der Waals surface area contributed by atoms with Crippen molar-refractivity contribution >= 4 is 17.1 Å². The molecule has 1 aromatic rings. The van der Waals surface area contributed by atoms with Gasteiger partial charge in [0, 0.05) is 18.2 Å². The molecule has 0 spiro atoms. The van der Waals surface area contributed by atoms with E-state index >= 15 is 0 Å². The largest absolute Gasteiger partial charge is 0.293 e. The molecule has 0 aromatic carbocycles.